The van der Waals surface area contributed by atoms with Gasteiger partial charge in [0.05, 0.1) is 42.0 Å². The number of carbonyl (C=O) groups excluding carboxylic acids is 1. The van der Waals surface area contributed by atoms with Crippen molar-refractivity contribution in [2.24, 2.45) is 0 Å². The summed E-state index contributed by atoms with van der Waals surface area (Å²) in [6.07, 6.45) is 5.97. The quantitative estimate of drug-likeness (QED) is 0.421. The van der Waals surface area contributed by atoms with Gasteiger partial charge < -0.3 is 19.5 Å². The van der Waals surface area contributed by atoms with Gasteiger partial charge in [0.1, 0.15) is 11.5 Å². The third-order valence-electron chi connectivity index (χ3n) is 6.23. The molecule has 8 heteroatoms. The molecule has 4 aromatic rings. The van der Waals surface area contributed by atoms with Crippen molar-refractivity contribution in [3.63, 3.8) is 0 Å². The monoisotopic (exact) mass is 436 g/mol. The molecular weight excluding hydrogens is 416 g/mol. The van der Waals surface area contributed by atoms with Gasteiger partial charge in [0.15, 0.2) is 0 Å². The molecule has 2 aromatic heterocycles. The average molecular weight is 436 g/mol. The molecule has 0 unspecified atom stereocenters. The summed E-state index contributed by atoms with van der Waals surface area (Å²) in [6.45, 7) is 9.29. The van der Waals surface area contributed by atoms with Crippen molar-refractivity contribution in [3.05, 3.63) is 83.9 Å². The van der Waals surface area contributed by atoms with Crippen LogP contribution in [0.3, 0.4) is 0 Å². The van der Waals surface area contributed by atoms with E-state index < -0.39 is 0 Å². The number of benzene rings is 2. The van der Waals surface area contributed by atoms with Crippen LogP contribution in [-0.4, -0.2) is 33.0 Å². The molecule has 33 heavy (non-hydrogen) atoms. The van der Waals surface area contributed by atoms with Crippen LogP contribution in [0, 0.1) is 6.57 Å². The van der Waals surface area contributed by atoms with Crippen molar-refractivity contribution in [3.8, 4) is 11.5 Å². The highest BCUT2D eigenvalue weighted by Crippen LogP contribution is 2.36. The molecule has 0 saturated carbocycles. The second kappa shape index (κ2) is 7.73. The molecule has 1 atom stereocenters. The van der Waals surface area contributed by atoms with Gasteiger partial charge in [-0.2, -0.15) is 0 Å². The molecule has 1 saturated heterocycles. The summed E-state index contributed by atoms with van der Waals surface area (Å²) in [7, 11) is 0. The Bertz CT molecular complexity index is 1440. The predicted molar refractivity (Wildman–Crippen MR) is 123 cm³/mol. The highest BCUT2D eigenvalue weighted by molar-refractivity contribution is 6.06. The maximum atomic E-state index is 13.3. The molecule has 162 valence electrons. The Morgan fingerprint density at radius 3 is 3.03 bits per heavy atom. The molecule has 2 aromatic carbocycles. The van der Waals surface area contributed by atoms with Crippen LogP contribution in [0.2, 0.25) is 0 Å². The fourth-order valence-corrected chi connectivity index (χ4v) is 4.53. The number of rotatable bonds is 0. The fourth-order valence-electron chi connectivity index (χ4n) is 4.53. The van der Waals surface area contributed by atoms with Gasteiger partial charge in [-0.15, -0.1) is 0 Å². The van der Waals surface area contributed by atoms with Gasteiger partial charge in [0, 0.05) is 31.2 Å². The number of pyridine rings is 1. The Balaban J connectivity index is 1.51. The van der Waals surface area contributed by atoms with E-state index in [0.29, 0.717) is 36.8 Å². The molecule has 8 nitrogen and oxygen atoms in total. The molecule has 1 amide bonds. The summed E-state index contributed by atoms with van der Waals surface area (Å²) in [5, 5.41) is 4.26. The number of aromatic nitrogens is 3. The summed E-state index contributed by atoms with van der Waals surface area (Å²) in [6, 6.07) is 13.0. The van der Waals surface area contributed by atoms with Crippen LogP contribution in [0.15, 0.2) is 61.2 Å². The van der Waals surface area contributed by atoms with Crippen LogP contribution < -0.4 is 15.0 Å². The average Bonchev–Trinajstić information content (AvgIpc) is 3.43. The van der Waals surface area contributed by atoms with E-state index in [0.717, 1.165) is 34.3 Å². The number of nitrogens with zero attached hydrogens (tertiary/aromatic N) is 5. The van der Waals surface area contributed by atoms with Crippen molar-refractivity contribution in [1.29, 1.82) is 0 Å². The minimum absolute atomic E-state index is 0.0486. The van der Waals surface area contributed by atoms with Gasteiger partial charge >= 0.3 is 0 Å². The lowest BCUT2D eigenvalue weighted by molar-refractivity contribution is -0.118. The standard InChI is InChI=1S/C25H20N6O2/c1-26-21-6-5-16-9-24(21)33-18-10-19-20(29-13-18)3-2-4-23(19)31-8-7-22(25(31)32)28-12-17-11-27-15-30(17)14-16/h2-6,9-11,13,15,22,28H,7-8,12,14H2/t22-/m0/s1. The summed E-state index contributed by atoms with van der Waals surface area (Å²) >= 11 is 0. The minimum atomic E-state index is -0.256. The first-order chi connectivity index (χ1) is 16.2. The van der Waals surface area contributed by atoms with Gasteiger partial charge in [-0.3, -0.25) is 9.78 Å². The van der Waals surface area contributed by atoms with E-state index >= 15 is 0 Å². The summed E-state index contributed by atoms with van der Waals surface area (Å²) in [5.74, 6) is 1.05. The highest BCUT2D eigenvalue weighted by atomic mass is 16.5. The second-order valence-electron chi connectivity index (χ2n) is 8.26. The molecule has 2 aliphatic heterocycles. The molecule has 4 heterocycles. The Morgan fingerprint density at radius 1 is 1.18 bits per heavy atom. The maximum Gasteiger partial charge on any atom is 0.244 e. The molecule has 6 rings (SSSR count). The Kier molecular flexibility index (Phi) is 4.56. The number of ether oxygens (including phenoxy) is 1. The first kappa shape index (κ1) is 19.5. The minimum Gasteiger partial charge on any atom is -0.467 e. The predicted octanol–water partition coefficient (Wildman–Crippen LogP) is 4.03. The number of amides is 1. The van der Waals surface area contributed by atoms with E-state index in [1.54, 1.807) is 18.6 Å². The van der Waals surface area contributed by atoms with E-state index in [1.165, 1.54) is 0 Å². The molecular formula is C25H20N6O2. The van der Waals surface area contributed by atoms with Crippen LogP contribution in [0.5, 0.6) is 11.5 Å². The normalized spacial score (nSPS) is 17.6. The molecule has 0 radical (unpaired) electrons. The van der Waals surface area contributed by atoms with Gasteiger partial charge in [-0.1, -0.05) is 18.2 Å². The van der Waals surface area contributed by atoms with Crippen molar-refractivity contribution in [2.75, 3.05) is 11.4 Å². The molecule has 1 fully saturated rings. The van der Waals surface area contributed by atoms with Gasteiger partial charge in [0.2, 0.25) is 11.6 Å². The lowest BCUT2D eigenvalue weighted by Crippen LogP contribution is -2.38. The van der Waals surface area contributed by atoms with Crippen LogP contribution in [-0.2, 0) is 17.9 Å². The fraction of sp³-hybridized carbons (Fsp3) is 0.200. The molecule has 0 spiro atoms. The number of carbonyl (C=O) groups is 1. The van der Waals surface area contributed by atoms with Crippen LogP contribution in [0.4, 0.5) is 11.4 Å². The Morgan fingerprint density at radius 2 is 2.12 bits per heavy atom. The first-order valence-electron chi connectivity index (χ1n) is 10.8. The largest absolute Gasteiger partial charge is 0.467 e. The molecule has 6 bridgehead atoms. The molecule has 1 N–H and O–H groups in total. The second-order valence-corrected chi connectivity index (χ2v) is 8.26. The SMILES string of the molecule is [C-]#[N+]c1ccc2cc1Oc1cnc3cccc(c3c1)N1CC[C@H](NCc3cncn3C2)C1=O. The highest BCUT2D eigenvalue weighted by Gasteiger charge is 2.33. The van der Waals surface area contributed by atoms with E-state index in [4.69, 9.17) is 11.3 Å². The van der Waals surface area contributed by atoms with Crippen LogP contribution in [0.1, 0.15) is 17.7 Å². The maximum absolute atomic E-state index is 13.3. The zero-order valence-corrected chi connectivity index (χ0v) is 17.7. The van der Waals surface area contributed by atoms with E-state index in [-0.39, 0.29) is 11.9 Å². The third kappa shape index (κ3) is 3.39. The van der Waals surface area contributed by atoms with E-state index in [9.17, 15) is 4.79 Å². The zero-order chi connectivity index (χ0) is 22.4. The van der Waals surface area contributed by atoms with Crippen molar-refractivity contribution >= 4 is 28.2 Å². The Hall–Kier alpha value is -4.22. The van der Waals surface area contributed by atoms with Crippen molar-refractivity contribution in [1.82, 2.24) is 19.9 Å². The molecule has 0 aliphatic carbocycles. The summed E-state index contributed by atoms with van der Waals surface area (Å²) < 4.78 is 8.20. The zero-order valence-electron chi connectivity index (χ0n) is 17.7. The summed E-state index contributed by atoms with van der Waals surface area (Å²) in [5.41, 5.74) is 4.01. The third-order valence-corrected chi connectivity index (χ3v) is 6.23. The lowest BCUT2D eigenvalue weighted by atomic mass is 10.1. The topological polar surface area (TPSA) is 76.6 Å². The smallest absolute Gasteiger partial charge is 0.244 e. The van der Waals surface area contributed by atoms with E-state index in [1.807, 2.05) is 52.1 Å². The number of hydrogen-bond acceptors (Lipinski definition) is 5. The number of nitrogens with one attached hydrogen (secondary N) is 1. The lowest BCUT2D eigenvalue weighted by Gasteiger charge is -2.20. The van der Waals surface area contributed by atoms with Crippen LogP contribution >= 0.6 is 0 Å². The number of imidazole rings is 1. The van der Waals surface area contributed by atoms with Crippen molar-refractivity contribution < 1.29 is 9.53 Å². The number of hydrogen-bond donors (Lipinski definition) is 1. The number of fused-ring (bicyclic) bond motifs is 7. The van der Waals surface area contributed by atoms with Crippen molar-refractivity contribution in [2.45, 2.75) is 25.6 Å². The van der Waals surface area contributed by atoms with Crippen LogP contribution in [0.25, 0.3) is 15.7 Å². The molecule has 2 aliphatic rings. The first-order valence-corrected chi connectivity index (χ1v) is 10.8. The van der Waals surface area contributed by atoms with E-state index in [2.05, 4.69) is 20.1 Å². The Labute approximate surface area is 190 Å². The summed E-state index contributed by atoms with van der Waals surface area (Å²) in [4.78, 5) is 27.5. The van der Waals surface area contributed by atoms with Gasteiger partial charge in [-0.05, 0) is 36.2 Å². The number of anilines is 1. The van der Waals surface area contributed by atoms with Gasteiger partial charge in [-0.25, -0.2) is 9.83 Å². The van der Waals surface area contributed by atoms with Gasteiger partial charge in [0.25, 0.3) is 0 Å².